The molecular formula is C15H23ClO. The van der Waals surface area contributed by atoms with Crippen LogP contribution in [0.1, 0.15) is 45.1 Å². The van der Waals surface area contributed by atoms with Crippen molar-refractivity contribution in [2.75, 3.05) is 5.88 Å². The summed E-state index contributed by atoms with van der Waals surface area (Å²) in [5.41, 5.74) is 0.229. The first kappa shape index (κ1) is 14.5. The Balaban J connectivity index is 2.89. The topological polar surface area (TPSA) is 20.2 Å². The van der Waals surface area contributed by atoms with E-state index in [4.69, 9.17) is 11.6 Å². The first-order valence-corrected chi connectivity index (χ1v) is 7.03. The fourth-order valence-electron chi connectivity index (χ4n) is 2.32. The molecule has 0 bridgehead atoms. The summed E-state index contributed by atoms with van der Waals surface area (Å²) in [5.74, 6) is 1.05. The van der Waals surface area contributed by atoms with Crippen LogP contribution in [-0.4, -0.2) is 11.0 Å². The molecule has 96 valence electrons. The van der Waals surface area contributed by atoms with Crippen molar-refractivity contribution in [2.24, 2.45) is 5.92 Å². The molecule has 1 unspecified atom stereocenters. The molecule has 0 heterocycles. The molecule has 1 aromatic carbocycles. The van der Waals surface area contributed by atoms with Crippen LogP contribution in [0.25, 0.3) is 0 Å². The molecule has 0 amide bonds. The highest BCUT2D eigenvalue weighted by molar-refractivity contribution is 6.17. The third-order valence-electron chi connectivity index (χ3n) is 3.60. The second kappa shape index (κ2) is 7.03. The lowest BCUT2D eigenvalue weighted by Gasteiger charge is -2.31. The summed E-state index contributed by atoms with van der Waals surface area (Å²) in [7, 11) is 0. The summed E-state index contributed by atoms with van der Waals surface area (Å²) in [4.78, 5) is 0. The quantitative estimate of drug-likeness (QED) is 0.718. The van der Waals surface area contributed by atoms with Crippen molar-refractivity contribution in [3.05, 3.63) is 35.9 Å². The van der Waals surface area contributed by atoms with Crippen LogP contribution in [0.3, 0.4) is 0 Å². The molecule has 0 saturated heterocycles. The van der Waals surface area contributed by atoms with Crippen LogP contribution in [0.2, 0.25) is 0 Å². The van der Waals surface area contributed by atoms with Crippen LogP contribution in [0.5, 0.6) is 0 Å². The van der Waals surface area contributed by atoms with Crippen molar-refractivity contribution < 1.29 is 5.11 Å². The van der Waals surface area contributed by atoms with Gasteiger partial charge in [0.25, 0.3) is 0 Å². The van der Waals surface area contributed by atoms with Gasteiger partial charge in [-0.1, -0.05) is 57.0 Å². The van der Waals surface area contributed by atoms with Gasteiger partial charge in [0.1, 0.15) is 0 Å². The van der Waals surface area contributed by atoms with Crippen LogP contribution in [0.4, 0.5) is 0 Å². The van der Waals surface area contributed by atoms with E-state index >= 15 is 0 Å². The summed E-state index contributed by atoms with van der Waals surface area (Å²) >= 11 is 5.85. The average Bonchev–Trinajstić information content (AvgIpc) is 2.37. The van der Waals surface area contributed by atoms with Gasteiger partial charge >= 0.3 is 0 Å². The largest absolute Gasteiger partial charge is 0.385 e. The highest BCUT2D eigenvalue weighted by atomic mass is 35.5. The van der Waals surface area contributed by atoms with Crippen molar-refractivity contribution in [3.8, 4) is 0 Å². The highest BCUT2D eigenvalue weighted by Gasteiger charge is 2.30. The van der Waals surface area contributed by atoms with Crippen LogP contribution in [0.15, 0.2) is 30.3 Å². The van der Waals surface area contributed by atoms with E-state index in [2.05, 4.69) is 13.8 Å². The van der Waals surface area contributed by atoms with Crippen LogP contribution < -0.4 is 0 Å². The van der Waals surface area contributed by atoms with E-state index in [1.54, 1.807) is 0 Å². The van der Waals surface area contributed by atoms with Gasteiger partial charge in [0.15, 0.2) is 0 Å². The van der Waals surface area contributed by atoms with E-state index < -0.39 is 5.60 Å². The number of hydrogen-bond acceptors (Lipinski definition) is 1. The van der Waals surface area contributed by atoms with E-state index in [1.807, 2.05) is 30.3 Å². The molecule has 2 heteroatoms. The third kappa shape index (κ3) is 4.01. The summed E-state index contributed by atoms with van der Waals surface area (Å²) in [6.45, 7) is 4.36. The molecule has 0 fully saturated rings. The molecule has 0 saturated carbocycles. The zero-order valence-corrected chi connectivity index (χ0v) is 11.6. The predicted molar refractivity (Wildman–Crippen MR) is 74.4 cm³/mol. The Morgan fingerprint density at radius 3 is 2.24 bits per heavy atom. The van der Waals surface area contributed by atoms with Crippen LogP contribution in [0, 0.1) is 5.92 Å². The molecule has 0 aliphatic rings. The molecule has 1 atom stereocenters. The summed E-state index contributed by atoms with van der Waals surface area (Å²) in [5, 5.41) is 10.8. The fraction of sp³-hybridized carbons (Fsp3) is 0.600. The van der Waals surface area contributed by atoms with Gasteiger partial charge in [-0.25, -0.2) is 0 Å². The van der Waals surface area contributed by atoms with Gasteiger partial charge in [0, 0.05) is 5.88 Å². The number of aliphatic hydroxyl groups is 1. The Morgan fingerprint density at radius 2 is 1.76 bits per heavy atom. The van der Waals surface area contributed by atoms with E-state index in [0.717, 1.165) is 24.8 Å². The third-order valence-corrected chi connectivity index (χ3v) is 3.79. The van der Waals surface area contributed by atoms with Crippen molar-refractivity contribution in [1.82, 2.24) is 0 Å². The number of alkyl halides is 1. The summed E-state index contributed by atoms with van der Waals surface area (Å²) in [6.07, 6.45) is 3.63. The van der Waals surface area contributed by atoms with Gasteiger partial charge in [0.2, 0.25) is 0 Å². The molecular weight excluding hydrogens is 232 g/mol. The highest BCUT2D eigenvalue weighted by Crippen LogP contribution is 2.34. The van der Waals surface area contributed by atoms with Gasteiger partial charge in [-0.05, 0) is 24.3 Å². The normalized spacial score (nSPS) is 14.9. The minimum atomic E-state index is -0.764. The van der Waals surface area contributed by atoms with E-state index in [1.165, 1.54) is 0 Å². The second-order valence-corrected chi connectivity index (χ2v) is 5.10. The monoisotopic (exact) mass is 254 g/mol. The van der Waals surface area contributed by atoms with Gasteiger partial charge in [-0.2, -0.15) is 0 Å². The molecule has 1 aromatic rings. The Labute approximate surface area is 110 Å². The maximum absolute atomic E-state index is 10.8. The van der Waals surface area contributed by atoms with Crippen LogP contribution in [-0.2, 0) is 5.60 Å². The maximum Gasteiger partial charge on any atom is 0.0910 e. The van der Waals surface area contributed by atoms with Crippen molar-refractivity contribution >= 4 is 11.6 Å². The predicted octanol–water partition coefficient (Wildman–Crippen LogP) is 4.33. The van der Waals surface area contributed by atoms with Gasteiger partial charge in [-0.15, -0.1) is 11.6 Å². The number of hydrogen-bond donors (Lipinski definition) is 1. The van der Waals surface area contributed by atoms with Gasteiger partial charge in [0.05, 0.1) is 5.60 Å². The average molecular weight is 255 g/mol. The minimum Gasteiger partial charge on any atom is -0.385 e. The minimum absolute atomic E-state index is 0.492. The van der Waals surface area contributed by atoms with Crippen molar-refractivity contribution in [3.63, 3.8) is 0 Å². The van der Waals surface area contributed by atoms with E-state index in [9.17, 15) is 5.11 Å². The molecule has 1 rings (SSSR count). The molecule has 0 aliphatic carbocycles. The standard InChI is InChI=1S/C15H23ClO/c1-3-13(4-2)12-15(17,10-11-16)14-8-6-5-7-9-14/h5-9,13,17H,3-4,10-12H2,1-2H3. The first-order chi connectivity index (χ1) is 8.16. The molecule has 0 aliphatic heterocycles. The maximum atomic E-state index is 10.8. The smallest absolute Gasteiger partial charge is 0.0910 e. The van der Waals surface area contributed by atoms with Gasteiger partial charge in [-0.3, -0.25) is 0 Å². The first-order valence-electron chi connectivity index (χ1n) is 6.50. The SMILES string of the molecule is CCC(CC)CC(O)(CCCl)c1ccccc1. The molecule has 0 radical (unpaired) electrons. The molecule has 0 aromatic heterocycles. The Bertz CT molecular complexity index is 308. The summed E-state index contributed by atoms with van der Waals surface area (Å²) < 4.78 is 0. The zero-order chi connectivity index (χ0) is 12.7. The molecule has 17 heavy (non-hydrogen) atoms. The van der Waals surface area contributed by atoms with Crippen LogP contribution >= 0.6 is 11.6 Å². The van der Waals surface area contributed by atoms with E-state index in [-0.39, 0.29) is 0 Å². The number of benzene rings is 1. The number of rotatable bonds is 7. The Hall–Kier alpha value is -0.530. The molecule has 0 spiro atoms. The second-order valence-electron chi connectivity index (χ2n) is 4.72. The number of halogens is 1. The molecule has 1 N–H and O–H groups in total. The zero-order valence-electron chi connectivity index (χ0n) is 10.8. The van der Waals surface area contributed by atoms with Gasteiger partial charge < -0.3 is 5.11 Å². The lowest BCUT2D eigenvalue weighted by molar-refractivity contribution is 0.00655. The lowest BCUT2D eigenvalue weighted by atomic mass is 9.81. The lowest BCUT2D eigenvalue weighted by Crippen LogP contribution is -2.29. The summed E-state index contributed by atoms with van der Waals surface area (Å²) in [6, 6.07) is 9.91. The Kier molecular flexibility index (Phi) is 6.01. The fourth-order valence-corrected chi connectivity index (χ4v) is 2.64. The van der Waals surface area contributed by atoms with Crippen molar-refractivity contribution in [1.29, 1.82) is 0 Å². The van der Waals surface area contributed by atoms with E-state index in [0.29, 0.717) is 18.2 Å². The Morgan fingerprint density at radius 1 is 1.18 bits per heavy atom. The van der Waals surface area contributed by atoms with Crippen molar-refractivity contribution in [2.45, 2.75) is 45.1 Å². The molecule has 1 nitrogen and oxygen atoms in total.